The summed E-state index contributed by atoms with van der Waals surface area (Å²) >= 11 is 0. The van der Waals surface area contributed by atoms with Gasteiger partial charge in [-0.3, -0.25) is 4.79 Å². The molecule has 0 fully saturated rings. The van der Waals surface area contributed by atoms with Gasteiger partial charge in [0, 0.05) is 18.2 Å². The average molecular weight is 420 g/mol. The van der Waals surface area contributed by atoms with Gasteiger partial charge in [0.25, 0.3) is 5.91 Å². The lowest BCUT2D eigenvalue weighted by atomic mass is 10.0. The van der Waals surface area contributed by atoms with Crippen molar-refractivity contribution >= 4 is 17.4 Å². The first-order valence-electron chi connectivity index (χ1n) is 9.28. The molecule has 0 saturated carbocycles. The molecular weight excluding hydrogens is 401 g/mol. The van der Waals surface area contributed by atoms with Crippen molar-refractivity contribution in [3.63, 3.8) is 0 Å². The van der Waals surface area contributed by atoms with Crippen LogP contribution in [0.4, 0.5) is 24.7 Å². The van der Waals surface area contributed by atoms with E-state index in [1.54, 1.807) is 43.3 Å². The van der Waals surface area contributed by atoms with Crippen molar-refractivity contribution < 1.29 is 27.5 Å². The quantitative estimate of drug-likeness (QED) is 0.580. The smallest absolute Gasteiger partial charge is 0.410 e. The van der Waals surface area contributed by atoms with E-state index in [0.717, 1.165) is 4.68 Å². The summed E-state index contributed by atoms with van der Waals surface area (Å²) in [5, 5.41) is 19.1. The van der Waals surface area contributed by atoms with Crippen LogP contribution in [-0.4, -0.2) is 27.0 Å². The first-order chi connectivity index (χ1) is 14.2. The Morgan fingerprint density at radius 1 is 1.33 bits per heavy atom. The monoisotopic (exact) mass is 420 g/mol. The maximum Gasteiger partial charge on any atom is 0.410 e. The van der Waals surface area contributed by atoms with E-state index in [-0.39, 0.29) is 17.9 Å². The van der Waals surface area contributed by atoms with Crippen LogP contribution in [-0.2, 0) is 0 Å². The van der Waals surface area contributed by atoms with Gasteiger partial charge in [0.15, 0.2) is 11.7 Å². The molecule has 1 aliphatic heterocycles. The van der Waals surface area contributed by atoms with E-state index in [9.17, 15) is 23.1 Å². The highest BCUT2D eigenvalue weighted by atomic mass is 19.4. The van der Waals surface area contributed by atoms with Gasteiger partial charge < -0.3 is 20.2 Å². The molecule has 10 heteroatoms. The second-order valence-corrected chi connectivity index (χ2v) is 7.12. The normalized spacial score (nSPS) is 19.6. The van der Waals surface area contributed by atoms with Gasteiger partial charge in [-0.2, -0.15) is 18.3 Å². The van der Waals surface area contributed by atoms with Crippen LogP contribution in [0, 0.1) is 0 Å². The largest absolute Gasteiger partial charge is 0.467 e. The highest BCUT2D eigenvalue weighted by Gasteiger charge is 2.47. The fourth-order valence-corrected chi connectivity index (χ4v) is 3.43. The molecule has 3 aromatic rings. The van der Waals surface area contributed by atoms with Gasteiger partial charge in [0.1, 0.15) is 11.6 Å². The third-order valence-electron chi connectivity index (χ3n) is 4.94. The predicted octanol–water partition coefficient (Wildman–Crippen LogP) is 4.44. The van der Waals surface area contributed by atoms with E-state index in [1.165, 1.54) is 12.3 Å². The number of aliphatic hydroxyl groups is 1. The van der Waals surface area contributed by atoms with Crippen LogP contribution in [0.1, 0.15) is 53.3 Å². The van der Waals surface area contributed by atoms with Crippen molar-refractivity contribution in [2.75, 3.05) is 10.6 Å². The Balaban J connectivity index is 1.61. The first kappa shape index (κ1) is 20.0. The van der Waals surface area contributed by atoms with Gasteiger partial charge in [-0.05, 0) is 36.8 Å². The molecule has 0 aliphatic carbocycles. The van der Waals surface area contributed by atoms with Crippen LogP contribution >= 0.6 is 0 Å². The first-order valence-corrected chi connectivity index (χ1v) is 9.28. The molecule has 2 aromatic heterocycles. The number of nitrogens with zero attached hydrogens (tertiary/aromatic N) is 2. The zero-order chi connectivity index (χ0) is 21.5. The van der Waals surface area contributed by atoms with Crippen LogP contribution in [0.25, 0.3) is 0 Å². The summed E-state index contributed by atoms with van der Waals surface area (Å²) in [5.74, 6) is -0.206. The summed E-state index contributed by atoms with van der Waals surface area (Å²) < 4.78 is 47.1. The molecule has 30 heavy (non-hydrogen) atoms. The average Bonchev–Trinajstić information content (AvgIpc) is 3.36. The van der Waals surface area contributed by atoms with Crippen LogP contribution in [0.2, 0.25) is 0 Å². The molecule has 0 spiro atoms. The minimum Gasteiger partial charge on any atom is -0.467 e. The van der Waals surface area contributed by atoms with Gasteiger partial charge in [0.05, 0.1) is 18.4 Å². The number of hydrogen-bond acceptors (Lipinski definition) is 5. The Labute approximate surface area is 169 Å². The van der Waals surface area contributed by atoms with Gasteiger partial charge in [0.2, 0.25) is 0 Å². The number of alkyl halides is 3. The maximum atomic E-state index is 13.7. The molecule has 3 atom stereocenters. The number of halogens is 3. The molecule has 0 bridgehead atoms. The fourth-order valence-electron chi connectivity index (χ4n) is 3.43. The van der Waals surface area contributed by atoms with Gasteiger partial charge in [-0.25, -0.2) is 4.68 Å². The number of amides is 1. The lowest BCUT2D eigenvalue weighted by molar-refractivity contribution is -0.174. The Morgan fingerprint density at radius 3 is 2.80 bits per heavy atom. The van der Waals surface area contributed by atoms with Crippen molar-refractivity contribution in [2.45, 2.75) is 37.7 Å². The number of aromatic nitrogens is 2. The molecular formula is C20H19F3N4O3. The molecule has 158 valence electrons. The van der Waals surface area contributed by atoms with Crippen LogP contribution < -0.4 is 10.6 Å². The van der Waals surface area contributed by atoms with Crippen molar-refractivity contribution in [1.29, 1.82) is 0 Å². The standard InChI is InChI=1S/C20H19F3N4O3/c1-11(28)12-4-2-5-13(8-12)24-19(29)15-10-18-25-14(16-6-3-7-30-16)9-17(20(21,22)23)27(18)26-15/h2-8,10-11,14,17,25,28H,9H2,1H3,(H,24,29)/t11-,14-,17-/m1/s1. The number of rotatable bonds is 4. The van der Waals surface area contributed by atoms with Gasteiger partial charge in [-0.15, -0.1) is 0 Å². The molecule has 3 N–H and O–H groups in total. The molecule has 4 rings (SSSR count). The minimum atomic E-state index is -4.55. The van der Waals surface area contributed by atoms with Gasteiger partial charge >= 0.3 is 6.18 Å². The summed E-state index contributed by atoms with van der Waals surface area (Å²) in [6, 6.07) is 8.44. The Hall–Kier alpha value is -3.27. The van der Waals surface area contributed by atoms with E-state index < -0.39 is 30.3 Å². The molecule has 1 aromatic carbocycles. The number of aliphatic hydroxyl groups excluding tert-OH is 1. The van der Waals surface area contributed by atoms with Crippen molar-refractivity contribution in [1.82, 2.24) is 9.78 Å². The van der Waals surface area contributed by atoms with Crippen LogP contribution in [0.3, 0.4) is 0 Å². The molecule has 1 aliphatic rings. The third-order valence-corrected chi connectivity index (χ3v) is 4.94. The van der Waals surface area contributed by atoms with Crippen molar-refractivity contribution in [3.05, 3.63) is 65.7 Å². The van der Waals surface area contributed by atoms with E-state index in [4.69, 9.17) is 4.42 Å². The van der Waals surface area contributed by atoms with Crippen LogP contribution in [0.15, 0.2) is 53.1 Å². The predicted molar refractivity (Wildman–Crippen MR) is 102 cm³/mol. The highest BCUT2D eigenvalue weighted by Crippen LogP contribution is 2.43. The zero-order valence-electron chi connectivity index (χ0n) is 15.8. The van der Waals surface area contributed by atoms with E-state index in [2.05, 4.69) is 15.7 Å². The minimum absolute atomic E-state index is 0.0767. The molecule has 3 heterocycles. The Kier molecular flexibility index (Phi) is 5.02. The van der Waals surface area contributed by atoms with Crippen LogP contribution in [0.5, 0.6) is 0 Å². The molecule has 7 nitrogen and oxygen atoms in total. The Morgan fingerprint density at radius 2 is 2.13 bits per heavy atom. The van der Waals surface area contributed by atoms with E-state index in [1.807, 2.05) is 0 Å². The second kappa shape index (κ2) is 7.52. The molecule has 0 saturated heterocycles. The summed E-state index contributed by atoms with van der Waals surface area (Å²) in [4.78, 5) is 12.6. The van der Waals surface area contributed by atoms with E-state index in [0.29, 0.717) is 17.0 Å². The number of carbonyl (C=O) groups excluding carboxylic acids is 1. The number of furan rings is 1. The van der Waals surface area contributed by atoms with Crippen molar-refractivity contribution in [2.24, 2.45) is 0 Å². The Bertz CT molecular complexity index is 1040. The summed E-state index contributed by atoms with van der Waals surface area (Å²) in [5.41, 5.74) is 0.837. The van der Waals surface area contributed by atoms with Crippen molar-refractivity contribution in [3.8, 4) is 0 Å². The maximum absolute atomic E-state index is 13.7. The summed E-state index contributed by atoms with van der Waals surface area (Å²) in [6.07, 6.45) is -4.20. The zero-order valence-corrected chi connectivity index (χ0v) is 15.8. The molecule has 0 unspecified atom stereocenters. The number of benzene rings is 1. The van der Waals surface area contributed by atoms with Gasteiger partial charge in [-0.1, -0.05) is 12.1 Å². The topological polar surface area (TPSA) is 92.3 Å². The number of anilines is 2. The lowest BCUT2D eigenvalue weighted by Crippen LogP contribution is -2.35. The number of nitrogens with one attached hydrogen (secondary N) is 2. The fraction of sp³-hybridized carbons (Fsp3) is 0.300. The molecule has 0 radical (unpaired) electrons. The number of carbonyl (C=O) groups is 1. The lowest BCUT2D eigenvalue weighted by Gasteiger charge is -2.32. The summed E-state index contributed by atoms with van der Waals surface area (Å²) in [6.45, 7) is 1.59. The second-order valence-electron chi connectivity index (χ2n) is 7.12. The highest BCUT2D eigenvalue weighted by molar-refractivity contribution is 6.03. The number of fused-ring (bicyclic) bond motifs is 1. The van der Waals surface area contributed by atoms with E-state index >= 15 is 0 Å². The molecule has 1 amide bonds. The SMILES string of the molecule is C[C@@H](O)c1cccc(NC(=O)c2cc3n(n2)[C@@H](C(F)(F)F)C[C@H](c2ccco2)N3)c1. The third kappa shape index (κ3) is 3.90. The summed E-state index contributed by atoms with van der Waals surface area (Å²) in [7, 11) is 0. The number of hydrogen-bond donors (Lipinski definition) is 3.